The molecule has 1 saturated heterocycles. The normalized spacial score (nSPS) is 14.3. The van der Waals surface area contributed by atoms with Crippen molar-refractivity contribution >= 4 is 22.3 Å². The highest BCUT2D eigenvalue weighted by Crippen LogP contribution is 2.36. The molecule has 2 aromatic carbocycles. The van der Waals surface area contributed by atoms with Gasteiger partial charge in [-0.25, -0.2) is 0 Å². The van der Waals surface area contributed by atoms with E-state index in [1.807, 2.05) is 24.3 Å². The first-order valence-corrected chi connectivity index (χ1v) is 9.05. The van der Waals surface area contributed by atoms with E-state index in [9.17, 15) is 9.70 Å². The van der Waals surface area contributed by atoms with Crippen LogP contribution in [-0.2, 0) is 0 Å². The number of nitroso groups, excluding NO2 is 1. The molecule has 0 atom stereocenters. The molecule has 27 heavy (non-hydrogen) atoms. The van der Waals surface area contributed by atoms with Gasteiger partial charge < -0.3 is 14.1 Å². The first kappa shape index (κ1) is 17.3. The highest BCUT2D eigenvalue weighted by atomic mass is 16.5. The largest absolute Gasteiger partial charge is 0.491 e. The van der Waals surface area contributed by atoms with Gasteiger partial charge in [0, 0.05) is 30.4 Å². The third-order valence-corrected chi connectivity index (χ3v) is 5.01. The quantitative estimate of drug-likeness (QED) is 0.618. The Morgan fingerprint density at radius 3 is 2.44 bits per heavy atom. The number of piperidine rings is 1. The average Bonchev–Trinajstić information content (AvgIpc) is 2.73. The molecule has 138 valence electrons. The number of methoxy groups -OCH3 is 1. The van der Waals surface area contributed by atoms with Crippen LogP contribution in [-0.4, -0.2) is 20.2 Å². The molecule has 0 amide bonds. The molecule has 0 unspecified atom stereocenters. The van der Waals surface area contributed by atoms with Crippen LogP contribution in [0.2, 0.25) is 0 Å². The Kier molecular flexibility index (Phi) is 4.62. The minimum Gasteiger partial charge on any atom is -0.491 e. The predicted molar refractivity (Wildman–Crippen MR) is 106 cm³/mol. The van der Waals surface area contributed by atoms with E-state index in [-0.39, 0.29) is 22.4 Å². The summed E-state index contributed by atoms with van der Waals surface area (Å²) in [6, 6.07) is 12.4. The molecule has 4 rings (SSSR count). The third kappa shape index (κ3) is 3.18. The molecule has 0 radical (unpaired) electrons. The summed E-state index contributed by atoms with van der Waals surface area (Å²) in [6.07, 6.45) is 3.72. The molecule has 0 N–H and O–H groups in total. The van der Waals surface area contributed by atoms with Crippen LogP contribution >= 0.6 is 0 Å². The van der Waals surface area contributed by atoms with Crippen molar-refractivity contribution < 1.29 is 9.15 Å². The second-order valence-corrected chi connectivity index (χ2v) is 6.66. The van der Waals surface area contributed by atoms with Gasteiger partial charge in [0.1, 0.15) is 5.76 Å². The average molecular weight is 364 g/mol. The Hall–Kier alpha value is -3.15. The van der Waals surface area contributed by atoms with Crippen molar-refractivity contribution in [1.29, 1.82) is 0 Å². The van der Waals surface area contributed by atoms with Crippen LogP contribution in [0.1, 0.15) is 19.3 Å². The second-order valence-electron chi connectivity index (χ2n) is 6.66. The van der Waals surface area contributed by atoms with E-state index in [1.165, 1.54) is 50.3 Å². The van der Waals surface area contributed by atoms with Crippen LogP contribution in [0.25, 0.3) is 22.3 Å². The summed E-state index contributed by atoms with van der Waals surface area (Å²) in [4.78, 5) is 25.9. The topological polar surface area (TPSA) is 72.1 Å². The zero-order valence-corrected chi connectivity index (χ0v) is 15.1. The number of nitrogens with zero attached hydrogens (tertiary/aromatic N) is 2. The van der Waals surface area contributed by atoms with Gasteiger partial charge in [-0.2, -0.15) is 0 Å². The van der Waals surface area contributed by atoms with Crippen LogP contribution in [0.4, 0.5) is 11.4 Å². The summed E-state index contributed by atoms with van der Waals surface area (Å²) in [5.74, 6) is 0.602. The van der Waals surface area contributed by atoms with Gasteiger partial charge in [0.25, 0.3) is 0 Å². The van der Waals surface area contributed by atoms with Crippen LogP contribution < -0.4 is 15.1 Å². The predicted octanol–water partition coefficient (Wildman–Crippen LogP) is 4.86. The molecule has 6 nitrogen and oxygen atoms in total. The van der Waals surface area contributed by atoms with Gasteiger partial charge in [0.15, 0.2) is 22.4 Å². The lowest BCUT2D eigenvalue weighted by molar-refractivity contribution is 0.411. The van der Waals surface area contributed by atoms with E-state index in [1.54, 1.807) is 0 Å². The second kappa shape index (κ2) is 7.23. The van der Waals surface area contributed by atoms with Crippen molar-refractivity contribution in [3.8, 4) is 17.1 Å². The Morgan fingerprint density at radius 1 is 1.04 bits per heavy atom. The van der Waals surface area contributed by atoms with Gasteiger partial charge in [-0.1, -0.05) is 0 Å². The lowest BCUT2D eigenvalue weighted by atomic mass is 10.1. The molecule has 1 aromatic heterocycles. The molecule has 2 heterocycles. The first-order chi connectivity index (χ1) is 13.2. The number of benzene rings is 2. The highest BCUT2D eigenvalue weighted by molar-refractivity contribution is 5.88. The highest BCUT2D eigenvalue weighted by Gasteiger charge is 2.16. The van der Waals surface area contributed by atoms with E-state index in [4.69, 9.17) is 9.15 Å². The van der Waals surface area contributed by atoms with Crippen molar-refractivity contribution in [3.05, 3.63) is 57.6 Å². The van der Waals surface area contributed by atoms with Gasteiger partial charge in [0.05, 0.1) is 12.5 Å². The molecule has 0 bridgehead atoms. The summed E-state index contributed by atoms with van der Waals surface area (Å²) >= 11 is 0. The maximum atomic E-state index is 12.5. The van der Waals surface area contributed by atoms with Gasteiger partial charge >= 0.3 is 0 Å². The monoisotopic (exact) mass is 364 g/mol. The molecule has 6 heteroatoms. The number of ether oxygens (including phenoxy) is 1. The summed E-state index contributed by atoms with van der Waals surface area (Å²) < 4.78 is 11.2. The Balaban J connectivity index is 1.77. The van der Waals surface area contributed by atoms with E-state index in [0.717, 1.165) is 18.7 Å². The number of anilines is 1. The minimum atomic E-state index is -0.192. The van der Waals surface area contributed by atoms with Crippen molar-refractivity contribution in [1.82, 2.24) is 0 Å². The van der Waals surface area contributed by atoms with Crippen LogP contribution in [0.5, 0.6) is 5.75 Å². The standard InChI is InChI=1S/C21H20N2O4/c1-26-21-17(22-25)10-9-16-18(24)13-19(27-20(16)21)14-5-7-15(8-6-14)23-11-3-2-4-12-23/h5-10,13H,2-4,11-12H2,1H3. The van der Waals surface area contributed by atoms with Crippen LogP contribution in [0.3, 0.4) is 0 Å². The summed E-state index contributed by atoms with van der Waals surface area (Å²) in [6.45, 7) is 2.14. The van der Waals surface area contributed by atoms with Gasteiger partial charge in [-0.05, 0) is 60.8 Å². The number of hydrogen-bond acceptors (Lipinski definition) is 6. The van der Waals surface area contributed by atoms with E-state index in [2.05, 4.69) is 10.1 Å². The lowest BCUT2D eigenvalue weighted by Gasteiger charge is -2.28. The zero-order valence-electron chi connectivity index (χ0n) is 15.1. The summed E-state index contributed by atoms with van der Waals surface area (Å²) in [5.41, 5.74) is 2.11. The summed E-state index contributed by atoms with van der Waals surface area (Å²) in [5, 5.41) is 3.30. The zero-order chi connectivity index (χ0) is 18.8. The molecular weight excluding hydrogens is 344 g/mol. The Labute approximate surface area is 156 Å². The molecule has 0 spiro atoms. The fraction of sp³-hybridized carbons (Fsp3) is 0.286. The number of fused-ring (bicyclic) bond motifs is 1. The molecule has 0 saturated carbocycles. The van der Waals surface area contributed by atoms with Crippen LogP contribution in [0, 0.1) is 4.91 Å². The maximum absolute atomic E-state index is 12.5. The first-order valence-electron chi connectivity index (χ1n) is 9.05. The fourth-order valence-electron chi connectivity index (χ4n) is 3.58. The summed E-state index contributed by atoms with van der Waals surface area (Å²) in [7, 11) is 1.42. The smallest absolute Gasteiger partial charge is 0.193 e. The van der Waals surface area contributed by atoms with Gasteiger partial charge in [0.2, 0.25) is 0 Å². The van der Waals surface area contributed by atoms with Crippen molar-refractivity contribution in [2.75, 3.05) is 25.1 Å². The molecule has 1 aliphatic rings. The van der Waals surface area contributed by atoms with E-state index in [0.29, 0.717) is 11.1 Å². The molecule has 1 aliphatic heterocycles. The third-order valence-electron chi connectivity index (χ3n) is 5.01. The van der Waals surface area contributed by atoms with Gasteiger partial charge in [-0.3, -0.25) is 4.79 Å². The Morgan fingerprint density at radius 2 is 1.78 bits per heavy atom. The van der Waals surface area contributed by atoms with E-state index < -0.39 is 0 Å². The van der Waals surface area contributed by atoms with Crippen LogP contribution in [0.15, 0.2) is 56.9 Å². The van der Waals surface area contributed by atoms with E-state index >= 15 is 0 Å². The fourth-order valence-corrected chi connectivity index (χ4v) is 3.58. The van der Waals surface area contributed by atoms with Gasteiger partial charge in [-0.15, -0.1) is 4.91 Å². The number of rotatable bonds is 4. The molecular formula is C21H20N2O4. The van der Waals surface area contributed by atoms with Crippen molar-refractivity contribution in [3.63, 3.8) is 0 Å². The molecule has 1 fully saturated rings. The SMILES string of the molecule is COc1c(N=O)ccc2c(=O)cc(-c3ccc(N4CCCCC4)cc3)oc12. The molecule has 0 aliphatic carbocycles. The van der Waals surface area contributed by atoms with Crippen molar-refractivity contribution in [2.24, 2.45) is 5.18 Å². The molecule has 3 aromatic rings. The number of hydrogen-bond donors (Lipinski definition) is 0. The Bertz CT molecular complexity index is 1030. The lowest BCUT2D eigenvalue weighted by Crippen LogP contribution is -2.29. The maximum Gasteiger partial charge on any atom is 0.193 e. The minimum absolute atomic E-state index is 0.103. The van der Waals surface area contributed by atoms with Crippen molar-refractivity contribution in [2.45, 2.75) is 19.3 Å².